The normalized spacial score (nSPS) is 11.7. The van der Waals surface area contributed by atoms with E-state index in [0.717, 1.165) is 0 Å². The minimum absolute atomic E-state index is 0.0504. The van der Waals surface area contributed by atoms with Crippen molar-refractivity contribution in [2.45, 2.75) is 4.90 Å². The largest absolute Gasteiger partial charge is 0.477 e. The lowest BCUT2D eigenvalue weighted by molar-refractivity contribution is 0.334. The molecule has 1 heterocycles. The van der Waals surface area contributed by atoms with Crippen molar-refractivity contribution in [1.29, 1.82) is 0 Å². The lowest BCUT2D eigenvalue weighted by atomic mass is 10.3. The van der Waals surface area contributed by atoms with Crippen molar-refractivity contribution in [3.05, 3.63) is 16.1 Å². The van der Waals surface area contributed by atoms with Crippen LogP contribution in [0.4, 0.5) is 0 Å². The van der Waals surface area contributed by atoms with Crippen LogP contribution in [0.25, 0.3) is 11.0 Å². The molecule has 0 unspecified atom stereocenters. The van der Waals surface area contributed by atoms with Crippen molar-refractivity contribution in [2.75, 3.05) is 18.9 Å². The van der Waals surface area contributed by atoms with E-state index >= 15 is 0 Å². The number of aromatic nitrogens is 2. The summed E-state index contributed by atoms with van der Waals surface area (Å²) < 4.78 is 34.2. The molecule has 0 atom stereocenters. The summed E-state index contributed by atoms with van der Waals surface area (Å²) in [6, 6.07) is 1.42. The van der Waals surface area contributed by atoms with Crippen molar-refractivity contribution >= 4 is 60.0 Å². The number of benzene rings is 1. The van der Waals surface area contributed by atoms with Gasteiger partial charge in [-0.1, -0.05) is 39.1 Å². The van der Waals surface area contributed by atoms with Crippen LogP contribution >= 0.6 is 39.1 Å². The van der Waals surface area contributed by atoms with E-state index in [0.29, 0.717) is 0 Å². The molecule has 0 aliphatic carbocycles. The van der Waals surface area contributed by atoms with Crippen LogP contribution < -0.4 is 9.47 Å². The third kappa shape index (κ3) is 2.90. The quantitative estimate of drug-likeness (QED) is 0.714. The van der Waals surface area contributed by atoms with E-state index in [9.17, 15) is 8.42 Å². The van der Waals surface area contributed by atoms with Gasteiger partial charge in [0.1, 0.15) is 15.1 Å². The Morgan fingerprint density at radius 2 is 1.76 bits per heavy atom. The summed E-state index contributed by atoms with van der Waals surface area (Å²) in [6.07, 6.45) is 0. The van der Waals surface area contributed by atoms with Crippen molar-refractivity contribution in [1.82, 2.24) is 9.97 Å². The summed E-state index contributed by atoms with van der Waals surface area (Å²) in [5, 5.41) is -0.0460. The van der Waals surface area contributed by atoms with Crippen LogP contribution in [0.15, 0.2) is 11.0 Å². The molecule has 0 aliphatic heterocycles. The molecule has 114 valence electrons. The van der Waals surface area contributed by atoms with E-state index in [1.807, 2.05) is 0 Å². The fraction of sp³-hybridized carbons (Fsp3) is 0.273. The summed E-state index contributed by atoms with van der Waals surface area (Å²) in [5.74, 6) is 0.167. The van der Waals surface area contributed by atoms with Gasteiger partial charge >= 0.3 is 0 Å². The standard InChI is InChI=1S/C11H9BrCl2N2O4S/c1-19-10-11(20-2)16-8-6(15-10)3-5(13)7(14)9(8)21(17,18)4-12/h3H,4H2,1-2H3. The molecule has 0 bridgehead atoms. The Bertz CT molecular complexity index is 814. The molecular formula is C11H9BrCl2N2O4S. The fourth-order valence-corrected chi connectivity index (χ4v) is 4.06. The van der Waals surface area contributed by atoms with Crippen LogP contribution in [0.2, 0.25) is 10.0 Å². The van der Waals surface area contributed by atoms with Gasteiger partial charge in [-0.25, -0.2) is 18.4 Å². The highest BCUT2D eigenvalue weighted by atomic mass is 79.9. The second-order valence-corrected chi connectivity index (χ2v) is 7.85. The molecule has 0 spiro atoms. The summed E-state index contributed by atoms with van der Waals surface area (Å²) in [7, 11) is -0.957. The van der Waals surface area contributed by atoms with Crippen LogP contribution in [0.5, 0.6) is 11.8 Å². The monoisotopic (exact) mass is 414 g/mol. The van der Waals surface area contributed by atoms with Crippen LogP contribution in [-0.2, 0) is 9.84 Å². The summed E-state index contributed by atoms with van der Waals surface area (Å²) in [4.78, 5) is 8.07. The van der Waals surface area contributed by atoms with Gasteiger partial charge in [0.05, 0.1) is 29.8 Å². The predicted octanol–water partition coefficient (Wildman–Crippen LogP) is 3.08. The molecule has 10 heteroatoms. The van der Waals surface area contributed by atoms with Crippen molar-refractivity contribution in [2.24, 2.45) is 0 Å². The fourth-order valence-electron chi connectivity index (χ4n) is 1.68. The molecule has 0 amide bonds. The maximum atomic E-state index is 12.2. The van der Waals surface area contributed by atoms with Crippen molar-refractivity contribution < 1.29 is 17.9 Å². The first-order valence-electron chi connectivity index (χ1n) is 5.42. The average molecular weight is 416 g/mol. The van der Waals surface area contributed by atoms with Gasteiger partial charge in [-0.05, 0) is 6.07 Å². The summed E-state index contributed by atoms with van der Waals surface area (Å²) >= 11 is 14.9. The Labute approximate surface area is 139 Å². The number of fused-ring (bicyclic) bond motifs is 1. The molecule has 0 aliphatic rings. The Kier molecular flexibility index (Phi) is 4.82. The van der Waals surface area contributed by atoms with Gasteiger partial charge in [0.2, 0.25) is 0 Å². The molecule has 6 nitrogen and oxygen atoms in total. The summed E-state index contributed by atoms with van der Waals surface area (Å²) in [5.41, 5.74) is 0.308. The number of nitrogens with zero attached hydrogens (tertiary/aromatic N) is 2. The molecular weight excluding hydrogens is 407 g/mol. The molecule has 1 aromatic carbocycles. The number of ether oxygens (including phenoxy) is 2. The van der Waals surface area contributed by atoms with Gasteiger partial charge in [0.25, 0.3) is 11.8 Å². The number of sulfone groups is 1. The molecule has 2 aromatic rings. The Hall–Kier alpha value is -0.830. The highest BCUT2D eigenvalue weighted by Crippen LogP contribution is 2.38. The number of alkyl halides is 1. The van der Waals surface area contributed by atoms with Crippen LogP contribution in [0.3, 0.4) is 0 Å². The minimum Gasteiger partial charge on any atom is -0.477 e. The maximum Gasteiger partial charge on any atom is 0.278 e. The van der Waals surface area contributed by atoms with E-state index in [1.165, 1.54) is 20.3 Å². The van der Waals surface area contributed by atoms with Crippen molar-refractivity contribution in [3.63, 3.8) is 0 Å². The van der Waals surface area contributed by atoms with E-state index in [4.69, 9.17) is 32.7 Å². The van der Waals surface area contributed by atoms with Gasteiger partial charge in [-0.3, -0.25) is 0 Å². The lowest BCUT2D eigenvalue weighted by Crippen LogP contribution is -2.07. The molecule has 21 heavy (non-hydrogen) atoms. The third-order valence-electron chi connectivity index (χ3n) is 2.59. The topological polar surface area (TPSA) is 78.4 Å². The van der Waals surface area contributed by atoms with Crippen LogP contribution in [0, 0.1) is 0 Å². The minimum atomic E-state index is -3.72. The first-order valence-corrected chi connectivity index (χ1v) is 8.95. The lowest BCUT2D eigenvalue weighted by Gasteiger charge is -2.12. The zero-order chi connectivity index (χ0) is 15.8. The number of methoxy groups -OCH3 is 2. The van der Waals surface area contributed by atoms with Gasteiger partial charge < -0.3 is 9.47 Å². The highest BCUT2D eigenvalue weighted by Gasteiger charge is 2.26. The first-order chi connectivity index (χ1) is 9.85. The second-order valence-electron chi connectivity index (χ2n) is 3.84. The van der Waals surface area contributed by atoms with E-state index in [1.54, 1.807) is 0 Å². The van der Waals surface area contributed by atoms with E-state index in [-0.39, 0.29) is 42.4 Å². The average Bonchev–Trinajstić information content (AvgIpc) is 2.47. The predicted molar refractivity (Wildman–Crippen MR) is 83.6 cm³/mol. The van der Waals surface area contributed by atoms with E-state index < -0.39 is 9.84 Å². The van der Waals surface area contributed by atoms with Crippen molar-refractivity contribution in [3.8, 4) is 11.8 Å². The Morgan fingerprint density at radius 1 is 1.19 bits per heavy atom. The number of hydrogen-bond acceptors (Lipinski definition) is 6. The zero-order valence-electron chi connectivity index (χ0n) is 10.9. The first kappa shape index (κ1) is 16.5. The smallest absolute Gasteiger partial charge is 0.278 e. The molecule has 0 N–H and O–H groups in total. The second kappa shape index (κ2) is 6.12. The number of halogens is 3. The van der Waals surface area contributed by atoms with Crippen LogP contribution in [-0.4, -0.2) is 37.3 Å². The van der Waals surface area contributed by atoms with Gasteiger partial charge in [0.15, 0.2) is 9.84 Å². The Morgan fingerprint density at radius 3 is 2.29 bits per heavy atom. The highest BCUT2D eigenvalue weighted by molar-refractivity contribution is 9.10. The van der Waals surface area contributed by atoms with Gasteiger partial charge in [-0.15, -0.1) is 0 Å². The molecule has 0 radical (unpaired) electrons. The molecule has 0 fully saturated rings. The maximum absolute atomic E-state index is 12.2. The summed E-state index contributed by atoms with van der Waals surface area (Å²) in [6.45, 7) is 0. The molecule has 2 rings (SSSR count). The Balaban J connectivity index is 2.98. The molecule has 0 saturated carbocycles. The molecule has 0 saturated heterocycles. The zero-order valence-corrected chi connectivity index (χ0v) is 14.8. The molecule has 1 aromatic heterocycles. The SMILES string of the molecule is COc1nc2cc(Cl)c(Cl)c(S(=O)(=O)CBr)c2nc1OC. The third-order valence-corrected chi connectivity index (χ3v) is 6.60. The number of hydrogen-bond donors (Lipinski definition) is 0. The van der Waals surface area contributed by atoms with Gasteiger partial charge in [0, 0.05) is 0 Å². The van der Waals surface area contributed by atoms with E-state index in [2.05, 4.69) is 25.9 Å². The number of rotatable bonds is 4. The van der Waals surface area contributed by atoms with Crippen LogP contribution in [0.1, 0.15) is 0 Å². The van der Waals surface area contributed by atoms with Gasteiger partial charge in [-0.2, -0.15) is 0 Å².